The Labute approximate surface area is 122 Å². The smallest absolute Gasteiger partial charge is 0.322 e. The van der Waals surface area contributed by atoms with Crippen LogP contribution >= 0.6 is 0 Å². The van der Waals surface area contributed by atoms with Crippen LogP contribution in [0, 0.1) is 0 Å². The van der Waals surface area contributed by atoms with Crippen molar-refractivity contribution in [3.05, 3.63) is 18.2 Å². The average Bonchev–Trinajstić information content (AvgIpc) is 3.09. The molecule has 1 fully saturated rings. The van der Waals surface area contributed by atoms with Crippen molar-refractivity contribution in [1.29, 1.82) is 0 Å². The Bertz CT molecular complexity index is 536. The van der Waals surface area contributed by atoms with E-state index in [-0.39, 0.29) is 25.5 Å². The van der Waals surface area contributed by atoms with E-state index in [4.69, 9.17) is 14.2 Å². The van der Waals surface area contributed by atoms with Crippen LogP contribution in [0.5, 0.6) is 11.5 Å². The Morgan fingerprint density at radius 1 is 1.38 bits per heavy atom. The summed E-state index contributed by atoms with van der Waals surface area (Å²) in [5, 5.41) is 12.7. The van der Waals surface area contributed by atoms with Crippen LogP contribution in [0.2, 0.25) is 0 Å². The normalized spacial score (nSPS) is 23.1. The highest BCUT2D eigenvalue weighted by Crippen LogP contribution is 2.34. The molecule has 7 heteroatoms. The molecule has 0 unspecified atom stereocenters. The number of aliphatic hydroxyl groups is 1. The van der Waals surface area contributed by atoms with Crippen LogP contribution < -0.4 is 14.8 Å². The van der Waals surface area contributed by atoms with Gasteiger partial charge in [0.15, 0.2) is 11.5 Å². The number of urea groups is 1. The molecule has 1 aromatic carbocycles. The molecule has 2 amide bonds. The molecule has 0 aromatic heterocycles. The average molecular weight is 294 g/mol. The van der Waals surface area contributed by atoms with E-state index in [1.807, 2.05) is 6.92 Å². The summed E-state index contributed by atoms with van der Waals surface area (Å²) in [6.07, 6.45) is -0.646. The van der Waals surface area contributed by atoms with Gasteiger partial charge in [0.25, 0.3) is 0 Å². The van der Waals surface area contributed by atoms with Gasteiger partial charge in [0.1, 0.15) is 0 Å². The van der Waals surface area contributed by atoms with Crippen molar-refractivity contribution in [2.75, 3.05) is 31.9 Å². The number of aliphatic hydroxyl groups excluding tert-OH is 1. The first kappa shape index (κ1) is 14.0. The number of hydrogen-bond acceptors (Lipinski definition) is 5. The molecular formula is C14H18N2O5. The maximum absolute atomic E-state index is 12.4. The molecule has 1 saturated heterocycles. The number of anilines is 1. The minimum Gasteiger partial charge on any atom is -0.454 e. The van der Waals surface area contributed by atoms with Crippen LogP contribution in [0.3, 0.4) is 0 Å². The zero-order valence-corrected chi connectivity index (χ0v) is 11.7. The van der Waals surface area contributed by atoms with Crippen LogP contribution in [-0.4, -0.2) is 54.7 Å². The lowest BCUT2D eigenvalue weighted by Crippen LogP contribution is -2.48. The summed E-state index contributed by atoms with van der Waals surface area (Å²) in [4.78, 5) is 13.9. The molecule has 2 heterocycles. The molecule has 7 nitrogen and oxygen atoms in total. The molecule has 114 valence electrons. The lowest BCUT2D eigenvalue weighted by atomic mass is 10.2. The second-order valence-electron chi connectivity index (χ2n) is 4.96. The number of hydrogen-bond donors (Lipinski definition) is 2. The third-order valence-electron chi connectivity index (χ3n) is 3.65. The lowest BCUT2D eigenvalue weighted by molar-refractivity contribution is 0.1000. The second kappa shape index (κ2) is 5.79. The number of carbonyl (C=O) groups is 1. The molecule has 2 aliphatic heterocycles. The summed E-state index contributed by atoms with van der Waals surface area (Å²) in [6.45, 7) is 3.16. The van der Waals surface area contributed by atoms with Gasteiger partial charge in [-0.3, -0.25) is 0 Å². The SMILES string of the molecule is CCN(C(=O)Nc1ccc2c(c1)OCO2)[C@@H]1COC[C@H]1O. The van der Waals surface area contributed by atoms with Gasteiger partial charge >= 0.3 is 6.03 Å². The third-order valence-corrected chi connectivity index (χ3v) is 3.65. The molecule has 0 aliphatic carbocycles. The number of nitrogens with one attached hydrogen (secondary N) is 1. The Balaban J connectivity index is 1.69. The molecule has 2 atom stereocenters. The third kappa shape index (κ3) is 2.74. The van der Waals surface area contributed by atoms with Crippen LogP contribution in [0.15, 0.2) is 18.2 Å². The Kier molecular flexibility index (Phi) is 3.85. The van der Waals surface area contributed by atoms with Crippen LogP contribution in [0.25, 0.3) is 0 Å². The maximum atomic E-state index is 12.4. The van der Waals surface area contributed by atoms with Crippen LogP contribution in [-0.2, 0) is 4.74 Å². The summed E-state index contributed by atoms with van der Waals surface area (Å²) in [5.74, 6) is 1.28. The minimum absolute atomic E-state index is 0.194. The quantitative estimate of drug-likeness (QED) is 0.870. The van der Waals surface area contributed by atoms with E-state index >= 15 is 0 Å². The molecular weight excluding hydrogens is 276 g/mol. The highest BCUT2D eigenvalue weighted by Gasteiger charge is 2.33. The lowest BCUT2D eigenvalue weighted by Gasteiger charge is -2.28. The topological polar surface area (TPSA) is 80.3 Å². The van der Waals surface area contributed by atoms with E-state index in [0.29, 0.717) is 30.3 Å². The zero-order chi connectivity index (χ0) is 14.8. The summed E-state index contributed by atoms with van der Waals surface area (Å²) in [5.41, 5.74) is 0.621. The van der Waals surface area contributed by atoms with Gasteiger partial charge in [0.05, 0.1) is 25.4 Å². The molecule has 2 aliphatic rings. The van der Waals surface area contributed by atoms with Gasteiger partial charge in [0, 0.05) is 18.3 Å². The van der Waals surface area contributed by atoms with Crippen LogP contribution in [0.4, 0.5) is 10.5 Å². The van der Waals surface area contributed by atoms with E-state index in [9.17, 15) is 9.90 Å². The van der Waals surface area contributed by atoms with Crippen molar-refractivity contribution in [2.24, 2.45) is 0 Å². The van der Waals surface area contributed by atoms with Crippen molar-refractivity contribution in [3.63, 3.8) is 0 Å². The first-order chi connectivity index (χ1) is 10.2. The first-order valence-electron chi connectivity index (χ1n) is 6.92. The van der Waals surface area contributed by atoms with Gasteiger partial charge < -0.3 is 29.5 Å². The van der Waals surface area contributed by atoms with Crippen molar-refractivity contribution >= 4 is 11.7 Å². The second-order valence-corrected chi connectivity index (χ2v) is 4.96. The number of rotatable bonds is 3. The van der Waals surface area contributed by atoms with Gasteiger partial charge in [-0.25, -0.2) is 4.79 Å². The predicted molar refractivity (Wildman–Crippen MR) is 74.6 cm³/mol. The molecule has 0 bridgehead atoms. The maximum Gasteiger partial charge on any atom is 0.322 e. The summed E-state index contributed by atoms with van der Waals surface area (Å²) in [7, 11) is 0. The Hall–Kier alpha value is -1.99. The predicted octanol–water partition coefficient (Wildman–Crippen LogP) is 1.03. The van der Waals surface area contributed by atoms with E-state index < -0.39 is 6.10 Å². The fourth-order valence-electron chi connectivity index (χ4n) is 2.53. The van der Waals surface area contributed by atoms with Crippen LogP contribution in [0.1, 0.15) is 6.92 Å². The standard InChI is InChI=1S/C14H18N2O5/c1-2-16(10-6-19-7-11(10)17)14(18)15-9-3-4-12-13(5-9)21-8-20-12/h3-5,10-11,17H,2,6-8H2,1H3,(H,15,18)/t10-,11-/m1/s1. The number of benzene rings is 1. The number of fused-ring (bicyclic) bond motifs is 1. The Morgan fingerprint density at radius 3 is 2.90 bits per heavy atom. The molecule has 0 saturated carbocycles. The molecule has 2 N–H and O–H groups in total. The largest absolute Gasteiger partial charge is 0.454 e. The van der Waals surface area contributed by atoms with Crippen molar-refractivity contribution in [2.45, 2.75) is 19.1 Å². The molecule has 3 rings (SSSR count). The van der Waals surface area contributed by atoms with Gasteiger partial charge in [-0.15, -0.1) is 0 Å². The number of amides is 2. The molecule has 1 aromatic rings. The van der Waals surface area contributed by atoms with E-state index in [1.165, 1.54) is 0 Å². The molecule has 0 radical (unpaired) electrons. The van der Waals surface area contributed by atoms with E-state index in [1.54, 1.807) is 23.1 Å². The minimum atomic E-state index is -0.646. The summed E-state index contributed by atoms with van der Waals surface area (Å²) < 4.78 is 15.7. The Morgan fingerprint density at radius 2 is 2.19 bits per heavy atom. The number of likely N-dealkylation sites (N-methyl/N-ethyl adjacent to an activating group) is 1. The summed E-state index contributed by atoms with van der Waals surface area (Å²) >= 11 is 0. The van der Waals surface area contributed by atoms with E-state index in [0.717, 1.165) is 0 Å². The van der Waals surface area contributed by atoms with Gasteiger partial charge in [-0.2, -0.15) is 0 Å². The monoisotopic (exact) mass is 294 g/mol. The molecule has 21 heavy (non-hydrogen) atoms. The summed E-state index contributed by atoms with van der Waals surface area (Å²) in [6, 6.07) is 4.63. The number of ether oxygens (including phenoxy) is 3. The molecule has 0 spiro atoms. The van der Waals surface area contributed by atoms with E-state index in [2.05, 4.69) is 5.32 Å². The van der Waals surface area contributed by atoms with Gasteiger partial charge in [0.2, 0.25) is 6.79 Å². The highest BCUT2D eigenvalue weighted by molar-refractivity contribution is 5.90. The van der Waals surface area contributed by atoms with Crippen molar-refractivity contribution in [1.82, 2.24) is 4.90 Å². The van der Waals surface area contributed by atoms with Gasteiger partial charge in [-0.05, 0) is 19.1 Å². The highest BCUT2D eigenvalue weighted by atomic mass is 16.7. The fraction of sp³-hybridized carbons (Fsp3) is 0.500. The van der Waals surface area contributed by atoms with Crippen molar-refractivity contribution in [3.8, 4) is 11.5 Å². The number of nitrogens with zero attached hydrogens (tertiary/aromatic N) is 1. The number of carbonyl (C=O) groups excluding carboxylic acids is 1. The fourth-order valence-corrected chi connectivity index (χ4v) is 2.53. The van der Waals surface area contributed by atoms with Gasteiger partial charge in [-0.1, -0.05) is 0 Å². The first-order valence-corrected chi connectivity index (χ1v) is 6.92. The zero-order valence-electron chi connectivity index (χ0n) is 11.7. The van der Waals surface area contributed by atoms with Crippen molar-refractivity contribution < 1.29 is 24.1 Å².